The number of nitrogens with zero attached hydrogens (tertiary/aromatic N) is 1. The van der Waals surface area contributed by atoms with E-state index in [1.54, 1.807) is 37.4 Å². The molecule has 28 heavy (non-hydrogen) atoms. The molecular weight excluding hydrogens is 360 g/mol. The van der Waals surface area contributed by atoms with Gasteiger partial charge in [0.2, 0.25) is 0 Å². The van der Waals surface area contributed by atoms with Crippen molar-refractivity contribution in [3.8, 4) is 5.75 Å². The van der Waals surface area contributed by atoms with Crippen molar-refractivity contribution < 1.29 is 23.9 Å². The van der Waals surface area contributed by atoms with Crippen LogP contribution in [-0.2, 0) is 4.74 Å². The minimum Gasteiger partial charge on any atom is -0.497 e. The number of hydrogen-bond donors (Lipinski definition) is 1. The summed E-state index contributed by atoms with van der Waals surface area (Å²) in [7, 11) is 1.54. The summed E-state index contributed by atoms with van der Waals surface area (Å²) in [6, 6.07) is 11.2. The number of amides is 3. The summed E-state index contributed by atoms with van der Waals surface area (Å²) >= 11 is 0. The third kappa shape index (κ3) is 3.25. The van der Waals surface area contributed by atoms with Crippen LogP contribution in [0.3, 0.4) is 0 Å². The van der Waals surface area contributed by atoms with E-state index >= 15 is 0 Å². The van der Waals surface area contributed by atoms with Gasteiger partial charge in [-0.25, -0.2) is 4.90 Å². The molecular formula is C21H20N2O5. The van der Waals surface area contributed by atoms with Gasteiger partial charge in [-0.3, -0.25) is 14.4 Å². The van der Waals surface area contributed by atoms with Crippen molar-refractivity contribution in [3.05, 3.63) is 59.2 Å². The Hall–Kier alpha value is -3.19. The number of benzene rings is 2. The zero-order valence-electron chi connectivity index (χ0n) is 15.4. The summed E-state index contributed by atoms with van der Waals surface area (Å²) in [6.07, 6.45) is 1.96. The number of ether oxygens (including phenoxy) is 2. The van der Waals surface area contributed by atoms with Gasteiger partial charge in [0.05, 0.1) is 30.0 Å². The van der Waals surface area contributed by atoms with E-state index in [1.807, 2.05) is 0 Å². The standard InChI is InChI=1S/C21H20N2O5/c1-27-15-7-5-14(6-8-15)23-20(25)17-9-4-13(11-18(17)21(23)26)19(24)22-12-16-3-2-10-28-16/h4-9,11,16H,2-3,10,12H2,1H3,(H,22,24). The molecule has 0 aliphatic carbocycles. The van der Waals surface area contributed by atoms with Gasteiger partial charge in [0.1, 0.15) is 5.75 Å². The fourth-order valence-electron chi connectivity index (χ4n) is 3.46. The van der Waals surface area contributed by atoms with Crippen LogP contribution < -0.4 is 15.0 Å². The lowest BCUT2D eigenvalue weighted by Gasteiger charge is -2.14. The Balaban J connectivity index is 1.53. The van der Waals surface area contributed by atoms with E-state index in [0.717, 1.165) is 24.3 Å². The molecule has 0 radical (unpaired) electrons. The van der Waals surface area contributed by atoms with Crippen LogP contribution >= 0.6 is 0 Å². The predicted octanol–water partition coefficient (Wildman–Crippen LogP) is 2.40. The van der Waals surface area contributed by atoms with E-state index in [1.165, 1.54) is 12.1 Å². The van der Waals surface area contributed by atoms with Gasteiger partial charge in [-0.1, -0.05) is 0 Å². The minimum absolute atomic E-state index is 0.0344. The molecule has 0 spiro atoms. The average Bonchev–Trinajstić information content (AvgIpc) is 3.33. The summed E-state index contributed by atoms with van der Waals surface area (Å²) in [5, 5.41) is 2.83. The van der Waals surface area contributed by atoms with Crippen LogP contribution in [-0.4, -0.2) is 44.1 Å². The van der Waals surface area contributed by atoms with Crippen molar-refractivity contribution in [2.24, 2.45) is 0 Å². The molecule has 2 aliphatic rings. The van der Waals surface area contributed by atoms with Crippen molar-refractivity contribution in [2.75, 3.05) is 25.2 Å². The summed E-state index contributed by atoms with van der Waals surface area (Å²) in [6.45, 7) is 1.15. The largest absolute Gasteiger partial charge is 0.497 e. The molecule has 144 valence electrons. The van der Waals surface area contributed by atoms with Crippen molar-refractivity contribution in [2.45, 2.75) is 18.9 Å². The first-order valence-electron chi connectivity index (χ1n) is 9.15. The maximum Gasteiger partial charge on any atom is 0.266 e. The normalized spacial score (nSPS) is 18.3. The smallest absolute Gasteiger partial charge is 0.266 e. The molecule has 2 aliphatic heterocycles. The highest BCUT2D eigenvalue weighted by Crippen LogP contribution is 2.30. The molecule has 1 saturated heterocycles. The Morgan fingerprint density at radius 1 is 1.14 bits per heavy atom. The number of nitrogens with one attached hydrogen (secondary N) is 1. The first-order valence-corrected chi connectivity index (χ1v) is 9.15. The van der Waals surface area contributed by atoms with E-state index < -0.39 is 11.8 Å². The number of carbonyl (C=O) groups excluding carboxylic acids is 3. The highest BCUT2D eigenvalue weighted by molar-refractivity contribution is 6.34. The van der Waals surface area contributed by atoms with E-state index in [-0.39, 0.29) is 23.1 Å². The molecule has 1 N–H and O–H groups in total. The molecule has 3 amide bonds. The Labute approximate surface area is 162 Å². The molecule has 7 heteroatoms. The zero-order valence-corrected chi connectivity index (χ0v) is 15.4. The van der Waals surface area contributed by atoms with E-state index in [2.05, 4.69) is 5.32 Å². The van der Waals surface area contributed by atoms with Gasteiger partial charge in [-0.2, -0.15) is 0 Å². The third-order valence-corrected chi connectivity index (χ3v) is 4.99. The summed E-state index contributed by atoms with van der Waals surface area (Å²) in [5.41, 5.74) is 1.31. The average molecular weight is 380 g/mol. The minimum atomic E-state index is -0.445. The number of hydrogen-bond acceptors (Lipinski definition) is 5. The van der Waals surface area contributed by atoms with E-state index in [4.69, 9.17) is 9.47 Å². The molecule has 1 unspecified atom stereocenters. The number of methoxy groups -OCH3 is 1. The predicted molar refractivity (Wildman–Crippen MR) is 102 cm³/mol. The van der Waals surface area contributed by atoms with Gasteiger partial charge >= 0.3 is 0 Å². The monoisotopic (exact) mass is 380 g/mol. The highest BCUT2D eigenvalue weighted by atomic mass is 16.5. The third-order valence-electron chi connectivity index (χ3n) is 4.99. The number of imide groups is 1. The molecule has 1 atom stereocenters. The molecule has 0 bridgehead atoms. The van der Waals surface area contributed by atoms with Crippen LogP contribution in [0.2, 0.25) is 0 Å². The molecule has 1 fully saturated rings. The second kappa shape index (κ2) is 7.44. The summed E-state index contributed by atoms with van der Waals surface area (Å²) in [4.78, 5) is 39.1. The number of anilines is 1. The van der Waals surface area contributed by atoms with Crippen LogP contribution in [0, 0.1) is 0 Å². The maximum absolute atomic E-state index is 12.8. The molecule has 2 heterocycles. The van der Waals surface area contributed by atoms with Gasteiger partial charge in [0, 0.05) is 18.7 Å². The van der Waals surface area contributed by atoms with E-state index in [0.29, 0.717) is 23.5 Å². The second-order valence-corrected chi connectivity index (χ2v) is 6.75. The van der Waals surface area contributed by atoms with Crippen molar-refractivity contribution in [1.29, 1.82) is 0 Å². The Morgan fingerprint density at radius 2 is 1.89 bits per heavy atom. The van der Waals surface area contributed by atoms with Gasteiger partial charge in [-0.05, 0) is 55.3 Å². The SMILES string of the molecule is COc1ccc(N2C(=O)c3ccc(C(=O)NCC4CCCO4)cc3C2=O)cc1. The lowest BCUT2D eigenvalue weighted by atomic mass is 10.1. The lowest BCUT2D eigenvalue weighted by molar-refractivity contribution is 0.0857. The Bertz CT molecular complexity index is 932. The van der Waals surface area contributed by atoms with Crippen LogP contribution in [0.4, 0.5) is 5.69 Å². The highest BCUT2D eigenvalue weighted by Gasteiger charge is 2.37. The van der Waals surface area contributed by atoms with Crippen molar-refractivity contribution >= 4 is 23.4 Å². The topological polar surface area (TPSA) is 84.9 Å². The van der Waals surface area contributed by atoms with Gasteiger partial charge in [0.15, 0.2) is 0 Å². The molecule has 2 aromatic rings. The van der Waals surface area contributed by atoms with Crippen molar-refractivity contribution in [3.63, 3.8) is 0 Å². The molecule has 4 rings (SSSR count). The van der Waals surface area contributed by atoms with Crippen LogP contribution in [0.25, 0.3) is 0 Å². The first kappa shape index (κ1) is 18.2. The van der Waals surface area contributed by atoms with Gasteiger partial charge in [-0.15, -0.1) is 0 Å². The summed E-state index contributed by atoms with van der Waals surface area (Å²) < 4.78 is 10.6. The maximum atomic E-state index is 12.8. The lowest BCUT2D eigenvalue weighted by Crippen LogP contribution is -2.31. The quantitative estimate of drug-likeness (QED) is 0.805. The van der Waals surface area contributed by atoms with Crippen LogP contribution in [0.1, 0.15) is 43.9 Å². The van der Waals surface area contributed by atoms with Crippen LogP contribution in [0.15, 0.2) is 42.5 Å². The number of rotatable bonds is 5. The van der Waals surface area contributed by atoms with Crippen LogP contribution in [0.5, 0.6) is 5.75 Å². The fraction of sp³-hybridized carbons (Fsp3) is 0.286. The number of carbonyl (C=O) groups is 3. The molecule has 0 aromatic heterocycles. The molecule has 2 aromatic carbocycles. The zero-order chi connectivity index (χ0) is 19.7. The second-order valence-electron chi connectivity index (χ2n) is 6.75. The fourth-order valence-corrected chi connectivity index (χ4v) is 3.46. The Kier molecular flexibility index (Phi) is 4.83. The molecule has 0 saturated carbocycles. The van der Waals surface area contributed by atoms with Crippen molar-refractivity contribution in [1.82, 2.24) is 5.32 Å². The van der Waals surface area contributed by atoms with E-state index in [9.17, 15) is 14.4 Å². The number of fused-ring (bicyclic) bond motifs is 1. The van der Waals surface area contributed by atoms with Gasteiger partial charge in [0.25, 0.3) is 17.7 Å². The first-order chi connectivity index (χ1) is 13.6. The van der Waals surface area contributed by atoms with Gasteiger partial charge < -0.3 is 14.8 Å². The summed E-state index contributed by atoms with van der Waals surface area (Å²) in [5.74, 6) is -0.512. The molecule has 7 nitrogen and oxygen atoms in total. The Morgan fingerprint density at radius 3 is 2.57 bits per heavy atom.